The number of pyridine rings is 1. The number of amides is 1. The Balaban J connectivity index is 1.36. The summed E-state index contributed by atoms with van der Waals surface area (Å²) >= 11 is 0. The summed E-state index contributed by atoms with van der Waals surface area (Å²) in [5.74, 6) is 3.94. The molecule has 2 atom stereocenters. The predicted octanol–water partition coefficient (Wildman–Crippen LogP) is 1.57. The Morgan fingerprint density at radius 3 is 2.95 bits per heavy atom. The topological polar surface area (TPSA) is 131 Å². The van der Waals surface area contributed by atoms with Crippen molar-refractivity contribution in [1.82, 2.24) is 20.3 Å². The van der Waals surface area contributed by atoms with Gasteiger partial charge in [0.25, 0.3) is 0 Å². The van der Waals surface area contributed by atoms with Gasteiger partial charge in [-0.05, 0) is 20.8 Å². The zero-order valence-electron chi connectivity index (χ0n) is 21.6. The molecule has 37 heavy (non-hydrogen) atoms. The maximum absolute atomic E-state index is 12.8. The quantitative estimate of drug-likeness (QED) is 0.540. The lowest BCUT2D eigenvalue weighted by atomic mass is 10.1. The Morgan fingerprint density at radius 1 is 1.32 bits per heavy atom. The molecule has 0 unspecified atom stereocenters. The molecule has 0 saturated carbocycles. The van der Waals surface area contributed by atoms with Crippen LogP contribution in [0, 0.1) is 0 Å². The van der Waals surface area contributed by atoms with E-state index < -0.39 is 22.4 Å². The first kappa shape index (κ1) is 25.3. The number of carbonyl (C=O) groups is 1. The van der Waals surface area contributed by atoms with Gasteiger partial charge in [0.1, 0.15) is 23.1 Å². The molecule has 3 aliphatic rings. The molecular weight excluding hydrogens is 498 g/mol. The van der Waals surface area contributed by atoms with E-state index in [0.29, 0.717) is 67.4 Å². The minimum Gasteiger partial charge on any atom is -0.492 e. The van der Waals surface area contributed by atoms with E-state index in [1.165, 1.54) is 7.11 Å². The lowest BCUT2D eigenvalue weighted by molar-refractivity contribution is 0.169. The Labute approximate surface area is 218 Å². The summed E-state index contributed by atoms with van der Waals surface area (Å²) in [5.41, 5.74) is 0.242. The molecule has 1 fully saturated rings. The molecule has 0 spiro atoms. The van der Waals surface area contributed by atoms with Crippen LogP contribution in [0.1, 0.15) is 26.5 Å². The van der Waals surface area contributed by atoms with Crippen molar-refractivity contribution in [3.63, 3.8) is 0 Å². The van der Waals surface area contributed by atoms with Crippen molar-refractivity contribution in [2.24, 2.45) is 0 Å². The van der Waals surface area contributed by atoms with Crippen LogP contribution in [0.5, 0.6) is 11.5 Å². The molecule has 0 aromatic carbocycles. The van der Waals surface area contributed by atoms with Gasteiger partial charge in [0.2, 0.25) is 5.95 Å². The summed E-state index contributed by atoms with van der Waals surface area (Å²) in [4.78, 5) is 30.9. The molecule has 5 heterocycles. The second-order valence-corrected chi connectivity index (χ2v) is 11.3. The van der Waals surface area contributed by atoms with E-state index in [-0.39, 0.29) is 6.04 Å². The van der Waals surface area contributed by atoms with Crippen LogP contribution < -0.4 is 29.9 Å². The van der Waals surface area contributed by atoms with Crippen molar-refractivity contribution >= 4 is 34.5 Å². The summed E-state index contributed by atoms with van der Waals surface area (Å²) in [7, 11) is 0.154. The summed E-state index contributed by atoms with van der Waals surface area (Å²) in [6.45, 7) is 9.33. The summed E-state index contributed by atoms with van der Waals surface area (Å²) in [6.07, 6.45) is 1.86. The number of aromatic nitrogens is 3. The van der Waals surface area contributed by atoms with Crippen molar-refractivity contribution in [3.8, 4) is 11.5 Å². The van der Waals surface area contributed by atoms with Gasteiger partial charge in [-0.3, -0.25) is 4.21 Å². The number of aryl methyl sites for hydroxylation is 1. The molecule has 1 amide bonds. The molecule has 2 aromatic rings. The highest BCUT2D eigenvalue weighted by atomic mass is 32.2. The number of piperazine rings is 1. The fourth-order valence-electron chi connectivity index (χ4n) is 4.77. The van der Waals surface area contributed by atoms with E-state index in [1.54, 1.807) is 6.20 Å². The van der Waals surface area contributed by atoms with Gasteiger partial charge in [-0.25, -0.2) is 14.8 Å². The lowest BCUT2D eigenvalue weighted by Crippen LogP contribution is -2.58. The minimum atomic E-state index is -1.17. The average Bonchev–Trinajstić information content (AvgIpc) is 3.27. The van der Waals surface area contributed by atoms with Crippen LogP contribution in [0.15, 0.2) is 17.2 Å². The summed E-state index contributed by atoms with van der Waals surface area (Å²) in [6, 6.07) is 1.99. The van der Waals surface area contributed by atoms with E-state index in [1.807, 2.05) is 26.8 Å². The van der Waals surface area contributed by atoms with Crippen LogP contribution in [0.2, 0.25) is 0 Å². The predicted molar refractivity (Wildman–Crippen MR) is 139 cm³/mol. The van der Waals surface area contributed by atoms with Gasteiger partial charge in [0.15, 0.2) is 11.6 Å². The monoisotopic (exact) mass is 531 g/mol. The molecule has 0 aliphatic carbocycles. The Kier molecular flexibility index (Phi) is 6.97. The fourth-order valence-corrected chi connectivity index (χ4v) is 6.08. The highest BCUT2D eigenvalue weighted by molar-refractivity contribution is 7.85. The third-order valence-electron chi connectivity index (χ3n) is 6.58. The maximum Gasteiger partial charge on any atom is 0.406 e. The molecule has 3 aliphatic heterocycles. The number of hydrogen-bond donors (Lipinski definition) is 2. The van der Waals surface area contributed by atoms with Crippen molar-refractivity contribution in [2.45, 2.75) is 43.7 Å². The number of carbonyl (C=O) groups excluding carboxylic acids is 1. The third kappa shape index (κ3) is 5.22. The van der Waals surface area contributed by atoms with Crippen LogP contribution in [0.25, 0.3) is 0 Å². The summed E-state index contributed by atoms with van der Waals surface area (Å²) in [5, 5.41) is 6.11. The van der Waals surface area contributed by atoms with E-state index in [4.69, 9.17) is 19.4 Å². The second-order valence-electron chi connectivity index (χ2n) is 9.83. The van der Waals surface area contributed by atoms with Gasteiger partial charge in [-0.15, -0.1) is 0 Å². The number of methoxy groups -OCH3 is 1. The number of alkyl carbamates (subject to hydrolysis) is 1. The lowest BCUT2D eigenvalue weighted by Gasteiger charge is -2.44. The van der Waals surface area contributed by atoms with Crippen LogP contribution >= 0.6 is 0 Å². The number of anilines is 3. The van der Waals surface area contributed by atoms with Gasteiger partial charge >= 0.3 is 6.09 Å². The summed E-state index contributed by atoms with van der Waals surface area (Å²) < 4.78 is 29.1. The van der Waals surface area contributed by atoms with Crippen molar-refractivity contribution < 1.29 is 23.2 Å². The van der Waals surface area contributed by atoms with Crippen molar-refractivity contribution in [3.05, 3.63) is 18.0 Å². The molecular formula is C24H33N7O5S. The molecule has 1 saturated heterocycles. The average molecular weight is 532 g/mol. The highest BCUT2D eigenvalue weighted by Gasteiger charge is 2.36. The van der Waals surface area contributed by atoms with Crippen LogP contribution in [-0.4, -0.2) is 89.1 Å². The van der Waals surface area contributed by atoms with Crippen LogP contribution in [0.4, 0.5) is 22.4 Å². The van der Waals surface area contributed by atoms with Crippen LogP contribution in [0.3, 0.4) is 0 Å². The number of nitrogens with one attached hydrogen (secondary N) is 2. The Morgan fingerprint density at radius 2 is 2.16 bits per heavy atom. The zero-order chi connectivity index (χ0) is 26.2. The van der Waals surface area contributed by atoms with Crippen molar-refractivity contribution in [1.29, 1.82) is 0 Å². The maximum atomic E-state index is 12.8. The number of ether oxygens (including phenoxy) is 3. The molecule has 2 N–H and O–H groups in total. The standard InChI is InChI=1S/C24H33N7O5S/c1-5-35-16-10-18-21(25-11-16)31-8-7-30(12-15(31)13-36-18)22-27-17-6-9-37(33)19(17)20(28-22)29-24(2,3)14-26-23(32)34-4/h10-11,15H,5-9,12-14H2,1-4H3,(H,26,32)(H,27,28,29)/t15-,37+/m1/s1. The number of hydrogen-bond acceptors (Lipinski definition) is 11. The normalized spacial score (nSPS) is 20.3. The van der Waals surface area contributed by atoms with E-state index in [9.17, 15) is 9.00 Å². The first-order valence-corrected chi connectivity index (χ1v) is 13.8. The van der Waals surface area contributed by atoms with Crippen molar-refractivity contribution in [2.75, 3.05) is 67.4 Å². The first-order valence-electron chi connectivity index (χ1n) is 12.4. The van der Waals surface area contributed by atoms with Gasteiger partial charge < -0.3 is 34.6 Å². The fraction of sp³-hybridized carbons (Fsp3) is 0.583. The van der Waals surface area contributed by atoms with Crippen LogP contribution in [-0.2, 0) is 22.0 Å². The first-order chi connectivity index (χ1) is 17.8. The molecule has 12 nitrogen and oxygen atoms in total. The van der Waals surface area contributed by atoms with E-state index in [0.717, 1.165) is 23.8 Å². The zero-order valence-corrected chi connectivity index (χ0v) is 22.4. The molecule has 0 radical (unpaired) electrons. The number of nitrogens with zero attached hydrogens (tertiary/aromatic N) is 5. The van der Waals surface area contributed by atoms with Gasteiger partial charge in [0.05, 0.1) is 48.0 Å². The highest BCUT2D eigenvalue weighted by Crippen LogP contribution is 2.37. The second kappa shape index (κ2) is 10.2. The van der Waals surface area contributed by atoms with Gasteiger partial charge in [-0.2, -0.15) is 4.98 Å². The molecule has 2 aromatic heterocycles. The molecule has 200 valence electrons. The smallest absolute Gasteiger partial charge is 0.406 e. The number of rotatable bonds is 7. The minimum absolute atomic E-state index is 0.0924. The SMILES string of the molecule is CCOc1cnc2c(c1)OC[C@H]1CN(c3nc4c(c(NC(C)(C)CNC(=O)OC)n3)[S@@](=O)CC4)CCN21. The van der Waals surface area contributed by atoms with E-state index in [2.05, 4.69) is 30.2 Å². The van der Waals surface area contributed by atoms with Gasteiger partial charge in [0, 0.05) is 44.4 Å². The van der Waals surface area contributed by atoms with E-state index >= 15 is 0 Å². The largest absolute Gasteiger partial charge is 0.492 e. The molecule has 0 bridgehead atoms. The molecule has 5 rings (SSSR count). The Hall–Kier alpha value is -3.35. The third-order valence-corrected chi connectivity index (χ3v) is 8.04. The number of fused-ring (bicyclic) bond motifs is 4. The molecule has 13 heteroatoms. The Bertz CT molecular complexity index is 1210. The van der Waals surface area contributed by atoms with Gasteiger partial charge in [-0.1, -0.05) is 0 Å².